The van der Waals surface area contributed by atoms with Crippen molar-refractivity contribution in [3.8, 4) is 0 Å². The molecule has 0 aromatic heterocycles. The third-order valence-electron chi connectivity index (χ3n) is 4.32. The van der Waals surface area contributed by atoms with Crippen molar-refractivity contribution < 1.29 is 0 Å². The fourth-order valence-electron chi connectivity index (χ4n) is 2.10. The van der Waals surface area contributed by atoms with Gasteiger partial charge < -0.3 is 0 Å². The lowest BCUT2D eigenvalue weighted by molar-refractivity contribution is 0.102. The minimum absolute atomic E-state index is 0.622. The molecule has 4 heteroatoms. The van der Waals surface area contributed by atoms with Gasteiger partial charge in [0.2, 0.25) is 0 Å². The summed E-state index contributed by atoms with van der Waals surface area (Å²) < 4.78 is 0. The van der Waals surface area contributed by atoms with Crippen LogP contribution in [0.5, 0.6) is 0 Å². The molecule has 0 bridgehead atoms. The minimum atomic E-state index is -0.622. The molecule has 1 aliphatic carbocycles. The average Bonchev–Trinajstić information content (AvgIpc) is 1.84. The molecule has 0 spiro atoms. The quantitative estimate of drug-likeness (QED) is 0.459. The van der Waals surface area contributed by atoms with Gasteiger partial charge in [0.1, 0.15) is 0 Å². The van der Waals surface area contributed by atoms with E-state index in [1.54, 1.807) is 0 Å². The molecule has 1 fully saturated rings. The van der Waals surface area contributed by atoms with E-state index in [1.807, 2.05) is 27.7 Å². The van der Waals surface area contributed by atoms with E-state index in [0.717, 1.165) is 0 Å². The molecule has 0 aromatic carbocycles. The maximum Gasteiger partial charge on any atom is 0.0736 e. The Balaban J connectivity index is 3.16. The fraction of sp³-hybridized carbons (Fsp3) is 1.00. The summed E-state index contributed by atoms with van der Waals surface area (Å²) >= 11 is 0. The number of hydrogen-bond acceptors (Lipinski definition) is 0. The van der Waals surface area contributed by atoms with Gasteiger partial charge >= 0.3 is 0 Å². The van der Waals surface area contributed by atoms with Crippen LogP contribution >= 0.6 is 0 Å². The summed E-state index contributed by atoms with van der Waals surface area (Å²) in [6.07, 6.45) is 0. The van der Waals surface area contributed by atoms with Crippen LogP contribution in [0.15, 0.2) is 0 Å². The van der Waals surface area contributed by atoms with Gasteiger partial charge in [-0.1, -0.05) is 49.0 Å². The van der Waals surface area contributed by atoms with Crippen LogP contribution in [0.3, 0.4) is 0 Å². The first-order chi connectivity index (χ1) is 5.00. The fourth-order valence-corrected chi connectivity index (χ4v) is 2.10. The van der Waals surface area contributed by atoms with Crippen molar-refractivity contribution in [1.29, 1.82) is 0 Å². The number of hydrogen-bond donors (Lipinski definition) is 0. The molecule has 0 N–H and O–H groups in total. The summed E-state index contributed by atoms with van der Waals surface area (Å²) in [6, 6.07) is 0. The second kappa shape index (κ2) is 2.01. The van der Waals surface area contributed by atoms with Crippen molar-refractivity contribution >= 4 is 31.4 Å². The van der Waals surface area contributed by atoms with Crippen LogP contribution in [0.2, 0.25) is 21.3 Å². The van der Waals surface area contributed by atoms with E-state index in [-0.39, 0.29) is 0 Å². The van der Waals surface area contributed by atoms with Crippen LogP contribution in [0, 0.1) is 0 Å². The normalized spacial score (nSPS) is 65.7. The predicted octanol–water partition coefficient (Wildman–Crippen LogP) is 1.39. The molecule has 0 amide bonds. The summed E-state index contributed by atoms with van der Waals surface area (Å²) in [6.45, 7) is 7.40. The first kappa shape index (κ1) is 10.3. The van der Waals surface area contributed by atoms with Crippen LogP contribution in [0.4, 0.5) is 0 Å². The molecule has 1 saturated carbocycles. The summed E-state index contributed by atoms with van der Waals surface area (Å²) in [5, 5.41) is -2.49. The maximum atomic E-state index is 6.02. The first-order valence-corrected chi connectivity index (χ1v) is 4.15. The highest BCUT2D eigenvalue weighted by Crippen LogP contribution is 2.89. The standard InChI is InChI=1S/C8H12B4/c1-5(9)6(2,10)8(4,12)7(5,3)11/h1-4H3. The van der Waals surface area contributed by atoms with Crippen molar-refractivity contribution in [2.45, 2.75) is 49.0 Å². The molecule has 0 atom stereocenters. The molecule has 0 aromatic rings. The Hall–Kier alpha value is 0.260. The molecular weight excluding hydrogens is 139 g/mol. The first-order valence-electron chi connectivity index (χ1n) is 4.15. The Morgan fingerprint density at radius 3 is 0.667 bits per heavy atom. The highest BCUT2D eigenvalue weighted by atomic mass is 14.7. The third kappa shape index (κ3) is 0.669. The largest absolute Gasteiger partial charge is 0.0741 e. The summed E-state index contributed by atoms with van der Waals surface area (Å²) in [7, 11) is 24.1. The molecule has 0 saturated heterocycles. The van der Waals surface area contributed by atoms with Gasteiger partial charge in [0.05, 0.1) is 31.4 Å². The molecule has 1 aliphatic rings. The second-order valence-electron chi connectivity index (χ2n) is 4.81. The van der Waals surface area contributed by atoms with E-state index in [0.29, 0.717) is 0 Å². The van der Waals surface area contributed by atoms with E-state index in [1.165, 1.54) is 0 Å². The van der Waals surface area contributed by atoms with Crippen molar-refractivity contribution in [2.24, 2.45) is 0 Å². The molecule has 56 valence electrons. The molecule has 0 aliphatic heterocycles. The molecule has 0 unspecified atom stereocenters. The van der Waals surface area contributed by atoms with Crippen molar-refractivity contribution in [3.63, 3.8) is 0 Å². The van der Waals surface area contributed by atoms with Gasteiger partial charge in [-0.25, -0.2) is 0 Å². The summed E-state index contributed by atoms with van der Waals surface area (Å²) in [4.78, 5) is 0. The summed E-state index contributed by atoms with van der Waals surface area (Å²) in [5.41, 5.74) is 0. The van der Waals surface area contributed by atoms with E-state index in [4.69, 9.17) is 31.4 Å². The molecule has 0 heterocycles. The highest BCUT2D eigenvalue weighted by Gasteiger charge is 2.68. The zero-order valence-corrected chi connectivity index (χ0v) is 8.31. The van der Waals surface area contributed by atoms with Crippen LogP contribution < -0.4 is 0 Å². The van der Waals surface area contributed by atoms with E-state index in [9.17, 15) is 0 Å². The second-order valence-corrected chi connectivity index (χ2v) is 4.81. The highest BCUT2D eigenvalue weighted by molar-refractivity contribution is 6.44. The van der Waals surface area contributed by atoms with Crippen molar-refractivity contribution in [3.05, 3.63) is 0 Å². The van der Waals surface area contributed by atoms with Gasteiger partial charge in [0.15, 0.2) is 0 Å². The van der Waals surface area contributed by atoms with E-state index in [2.05, 4.69) is 0 Å². The molecule has 0 nitrogen and oxygen atoms in total. The number of rotatable bonds is 0. The Morgan fingerprint density at radius 1 is 0.500 bits per heavy atom. The third-order valence-corrected chi connectivity index (χ3v) is 4.32. The summed E-state index contributed by atoms with van der Waals surface area (Å²) in [5.74, 6) is 0. The average molecular weight is 151 g/mol. The molecular formula is C8H12B4. The van der Waals surface area contributed by atoms with Gasteiger partial charge in [-0.15, -0.1) is 0 Å². The van der Waals surface area contributed by atoms with E-state index >= 15 is 0 Å². The molecule has 1 rings (SSSR count). The Morgan fingerprint density at radius 2 is 0.583 bits per heavy atom. The van der Waals surface area contributed by atoms with Crippen LogP contribution in [0.1, 0.15) is 27.7 Å². The lowest BCUT2D eigenvalue weighted by atomic mass is 9.09. The van der Waals surface area contributed by atoms with Gasteiger partial charge in [-0.2, -0.15) is 0 Å². The molecule has 12 heavy (non-hydrogen) atoms. The lowest BCUT2D eigenvalue weighted by Gasteiger charge is -2.79. The smallest absolute Gasteiger partial charge is 0.0736 e. The zero-order chi connectivity index (χ0) is 10.0. The van der Waals surface area contributed by atoms with Gasteiger partial charge in [-0.3, -0.25) is 0 Å². The van der Waals surface area contributed by atoms with Crippen LogP contribution in [0.25, 0.3) is 0 Å². The predicted molar refractivity (Wildman–Crippen MR) is 56.5 cm³/mol. The zero-order valence-electron chi connectivity index (χ0n) is 8.31. The Kier molecular flexibility index (Phi) is 1.74. The topological polar surface area (TPSA) is 0 Å². The van der Waals surface area contributed by atoms with E-state index < -0.39 is 21.3 Å². The maximum absolute atomic E-state index is 6.02. The SMILES string of the molecule is [B]C1(C)C([B])(C)C([B])(C)C1([B])C. The monoisotopic (exact) mass is 152 g/mol. The Labute approximate surface area is 80.9 Å². The van der Waals surface area contributed by atoms with Gasteiger partial charge in [-0.05, 0) is 0 Å². The Bertz CT molecular complexity index is 151. The van der Waals surface area contributed by atoms with Gasteiger partial charge in [0.25, 0.3) is 0 Å². The van der Waals surface area contributed by atoms with Crippen molar-refractivity contribution in [2.75, 3.05) is 0 Å². The minimum Gasteiger partial charge on any atom is -0.0741 e. The molecule has 8 radical (unpaired) electrons. The van der Waals surface area contributed by atoms with Crippen molar-refractivity contribution in [1.82, 2.24) is 0 Å². The van der Waals surface area contributed by atoms with Crippen LogP contribution in [-0.4, -0.2) is 31.4 Å². The van der Waals surface area contributed by atoms with Crippen LogP contribution in [-0.2, 0) is 0 Å². The van der Waals surface area contributed by atoms with Gasteiger partial charge in [0, 0.05) is 0 Å². The lowest BCUT2D eigenvalue weighted by Crippen LogP contribution is -2.60.